The first kappa shape index (κ1) is 6.93. The lowest BCUT2D eigenvalue weighted by Gasteiger charge is -2.26. The highest BCUT2D eigenvalue weighted by Gasteiger charge is 2.34. The molecule has 0 N–H and O–H groups in total. The van der Waals surface area contributed by atoms with Gasteiger partial charge in [0.05, 0.1) is 6.10 Å². The van der Waals surface area contributed by atoms with Gasteiger partial charge in [-0.1, -0.05) is 0 Å². The number of hydrogen-bond donors (Lipinski definition) is 0. The van der Waals surface area contributed by atoms with Crippen LogP contribution in [0, 0.1) is 0 Å². The molecule has 0 aromatic carbocycles. The minimum Gasteiger partial charge on any atom is -0.372 e. The summed E-state index contributed by atoms with van der Waals surface area (Å²) in [5.41, 5.74) is 0. The minimum absolute atomic E-state index is 0.0182. The Morgan fingerprint density at radius 3 is 2.56 bits per heavy atom. The summed E-state index contributed by atoms with van der Waals surface area (Å²) in [6.07, 6.45) is 0.478. The largest absolute Gasteiger partial charge is 0.372 e. The Kier molecular flexibility index (Phi) is 1.70. The van der Waals surface area contributed by atoms with Crippen molar-refractivity contribution >= 4 is 0 Å². The molecule has 1 aliphatic rings. The van der Waals surface area contributed by atoms with Crippen LogP contribution in [-0.4, -0.2) is 18.6 Å². The third-order valence-corrected chi connectivity index (χ3v) is 1.50. The summed E-state index contributed by atoms with van der Waals surface area (Å²) in [6.45, 7) is 1.42. The lowest BCUT2D eigenvalue weighted by atomic mass is 10.1. The summed E-state index contributed by atoms with van der Waals surface area (Å²) < 4.78 is 29.2. The summed E-state index contributed by atoms with van der Waals surface area (Å²) >= 11 is 0. The Hall–Kier alpha value is -0.180. The molecule has 1 fully saturated rings. The quantitative estimate of drug-likeness (QED) is 0.493. The molecule has 0 radical (unpaired) electrons. The van der Waals surface area contributed by atoms with E-state index in [1.165, 1.54) is 0 Å². The number of ether oxygens (including phenoxy) is 1. The molecule has 1 rings (SSSR count). The van der Waals surface area contributed by atoms with Gasteiger partial charge in [-0.05, 0) is 13.3 Å². The number of halogens is 2. The average Bonchev–Trinajstić information content (AvgIpc) is 1.78. The van der Waals surface area contributed by atoms with Crippen molar-refractivity contribution in [1.82, 2.24) is 0 Å². The smallest absolute Gasteiger partial charge is 0.271 e. The van der Waals surface area contributed by atoms with Crippen molar-refractivity contribution < 1.29 is 13.5 Å². The van der Waals surface area contributed by atoms with Crippen molar-refractivity contribution in [2.45, 2.75) is 31.8 Å². The van der Waals surface area contributed by atoms with Crippen molar-refractivity contribution in [3.8, 4) is 0 Å². The van der Waals surface area contributed by atoms with Crippen molar-refractivity contribution in [2.24, 2.45) is 0 Å². The van der Waals surface area contributed by atoms with Gasteiger partial charge in [0.1, 0.15) is 6.61 Å². The maximum absolute atomic E-state index is 12.3. The zero-order valence-electron chi connectivity index (χ0n) is 5.36. The molecule has 3 heteroatoms. The fourth-order valence-corrected chi connectivity index (χ4v) is 0.834. The Bertz CT molecular complexity index is 93.2. The summed E-state index contributed by atoms with van der Waals surface area (Å²) in [6, 6.07) is 0. The first-order valence-electron chi connectivity index (χ1n) is 3.10. The SMILES string of the molecule is C[C@H]1CCC(F)(F)CO1. The Morgan fingerprint density at radius 1 is 1.56 bits per heavy atom. The molecule has 1 atom stereocenters. The molecule has 1 saturated heterocycles. The van der Waals surface area contributed by atoms with E-state index in [1.807, 2.05) is 6.92 Å². The maximum atomic E-state index is 12.3. The summed E-state index contributed by atoms with van der Waals surface area (Å²) in [7, 11) is 0. The van der Waals surface area contributed by atoms with Crippen molar-refractivity contribution in [3.63, 3.8) is 0 Å². The van der Waals surface area contributed by atoms with Crippen LogP contribution in [0.2, 0.25) is 0 Å². The molecule has 1 heterocycles. The van der Waals surface area contributed by atoms with Gasteiger partial charge in [-0.15, -0.1) is 0 Å². The minimum atomic E-state index is -2.56. The van der Waals surface area contributed by atoms with E-state index >= 15 is 0 Å². The second-order valence-electron chi connectivity index (χ2n) is 2.52. The molecule has 0 aromatic rings. The van der Waals surface area contributed by atoms with Gasteiger partial charge in [-0.3, -0.25) is 0 Å². The standard InChI is InChI=1S/C6H10F2O/c1-5-2-3-6(7,8)4-9-5/h5H,2-4H2,1H3/t5-/m0/s1. The van der Waals surface area contributed by atoms with Crippen LogP contribution < -0.4 is 0 Å². The molecule has 9 heavy (non-hydrogen) atoms. The van der Waals surface area contributed by atoms with Crippen LogP contribution in [0.1, 0.15) is 19.8 Å². The molecule has 0 spiro atoms. The number of hydrogen-bond acceptors (Lipinski definition) is 1. The van der Waals surface area contributed by atoms with E-state index in [9.17, 15) is 8.78 Å². The van der Waals surface area contributed by atoms with E-state index in [0.29, 0.717) is 6.42 Å². The molecule has 0 unspecified atom stereocenters. The van der Waals surface area contributed by atoms with Crippen LogP contribution in [0.5, 0.6) is 0 Å². The number of alkyl halides is 2. The second-order valence-corrected chi connectivity index (χ2v) is 2.52. The normalized spacial score (nSPS) is 34.3. The van der Waals surface area contributed by atoms with E-state index in [4.69, 9.17) is 4.74 Å². The average molecular weight is 136 g/mol. The first-order valence-corrected chi connectivity index (χ1v) is 3.10. The third kappa shape index (κ3) is 1.90. The molecule has 0 aliphatic carbocycles. The van der Waals surface area contributed by atoms with E-state index in [2.05, 4.69) is 0 Å². The van der Waals surface area contributed by atoms with Crippen LogP contribution in [0.4, 0.5) is 8.78 Å². The molecule has 0 amide bonds. The van der Waals surface area contributed by atoms with Crippen LogP contribution >= 0.6 is 0 Å². The highest BCUT2D eigenvalue weighted by Crippen LogP contribution is 2.27. The van der Waals surface area contributed by atoms with Crippen molar-refractivity contribution in [2.75, 3.05) is 6.61 Å². The molecule has 0 saturated carbocycles. The van der Waals surface area contributed by atoms with Crippen LogP contribution in [0.3, 0.4) is 0 Å². The monoisotopic (exact) mass is 136 g/mol. The molecule has 0 bridgehead atoms. The topological polar surface area (TPSA) is 9.23 Å². The predicted octanol–water partition coefficient (Wildman–Crippen LogP) is 1.82. The van der Waals surface area contributed by atoms with E-state index in [0.717, 1.165) is 0 Å². The zero-order chi connectivity index (χ0) is 6.91. The highest BCUT2D eigenvalue weighted by atomic mass is 19.3. The molecule has 1 aliphatic heterocycles. The third-order valence-electron chi connectivity index (χ3n) is 1.50. The predicted molar refractivity (Wildman–Crippen MR) is 29.6 cm³/mol. The lowest BCUT2D eigenvalue weighted by Crippen LogP contribution is -2.33. The van der Waals surface area contributed by atoms with Gasteiger partial charge in [0, 0.05) is 6.42 Å². The van der Waals surface area contributed by atoms with Crippen LogP contribution in [-0.2, 0) is 4.74 Å². The Balaban J connectivity index is 2.35. The van der Waals surface area contributed by atoms with Gasteiger partial charge in [-0.2, -0.15) is 0 Å². The van der Waals surface area contributed by atoms with Gasteiger partial charge < -0.3 is 4.74 Å². The van der Waals surface area contributed by atoms with E-state index in [1.54, 1.807) is 0 Å². The van der Waals surface area contributed by atoms with E-state index < -0.39 is 12.5 Å². The maximum Gasteiger partial charge on any atom is 0.271 e. The fourth-order valence-electron chi connectivity index (χ4n) is 0.834. The summed E-state index contributed by atoms with van der Waals surface area (Å²) in [5, 5.41) is 0. The zero-order valence-corrected chi connectivity index (χ0v) is 5.36. The Labute approximate surface area is 53.0 Å². The molecule has 0 aromatic heterocycles. The second kappa shape index (κ2) is 2.21. The summed E-state index contributed by atoms with van der Waals surface area (Å²) in [5.74, 6) is -2.56. The number of rotatable bonds is 0. The van der Waals surface area contributed by atoms with Crippen molar-refractivity contribution in [1.29, 1.82) is 0 Å². The lowest BCUT2D eigenvalue weighted by molar-refractivity contribution is -0.138. The van der Waals surface area contributed by atoms with Gasteiger partial charge >= 0.3 is 0 Å². The van der Waals surface area contributed by atoms with Gasteiger partial charge in [0.25, 0.3) is 5.92 Å². The van der Waals surface area contributed by atoms with Crippen LogP contribution in [0.15, 0.2) is 0 Å². The van der Waals surface area contributed by atoms with Gasteiger partial charge in [-0.25, -0.2) is 8.78 Å². The molecular weight excluding hydrogens is 126 g/mol. The van der Waals surface area contributed by atoms with Crippen molar-refractivity contribution in [3.05, 3.63) is 0 Å². The summed E-state index contributed by atoms with van der Waals surface area (Å²) in [4.78, 5) is 0. The Morgan fingerprint density at radius 2 is 2.22 bits per heavy atom. The first-order chi connectivity index (χ1) is 4.10. The highest BCUT2D eigenvalue weighted by molar-refractivity contribution is 4.72. The fraction of sp³-hybridized carbons (Fsp3) is 1.00. The molecule has 54 valence electrons. The van der Waals surface area contributed by atoms with Gasteiger partial charge in [0.15, 0.2) is 0 Å². The molecular formula is C6H10F2O. The van der Waals surface area contributed by atoms with Crippen LogP contribution in [0.25, 0.3) is 0 Å². The molecule has 1 nitrogen and oxygen atoms in total. The van der Waals surface area contributed by atoms with Gasteiger partial charge in [0.2, 0.25) is 0 Å². The van der Waals surface area contributed by atoms with E-state index in [-0.39, 0.29) is 12.5 Å².